The van der Waals surface area contributed by atoms with Crippen molar-refractivity contribution in [2.75, 3.05) is 0 Å². The van der Waals surface area contributed by atoms with Gasteiger partial charge in [-0.05, 0) is 64.8 Å². The van der Waals surface area contributed by atoms with Gasteiger partial charge < -0.3 is 9.47 Å². The van der Waals surface area contributed by atoms with Gasteiger partial charge in [0.1, 0.15) is 11.2 Å². The third kappa shape index (κ3) is 7.39. The summed E-state index contributed by atoms with van der Waals surface area (Å²) in [6.45, 7) is 12.4. The molecule has 0 aliphatic carbocycles. The van der Waals surface area contributed by atoms with Crippen molar-refractivity contribution in [3.8, 4) is 0 Å². The predicted molar refractivity (Wildman–Crippen MR) is 119 cm³/mol. The van der Waals surface area contributed by atoms with Crippen molar-refractivity contribution in [1.29, 1.82) is 0 Å². The van der Waals surface area contributed by atoms with Crippen LogP contribution in [-0.2, 0) is 9.47 Å². The maximum Gasteiger partial charge on any atom is 0.414 e. The fourth-order valence-electron chi connectivity index (χ4n) is 2.77. The Morgan fingerprint density at radius 3 is 1.87 bits per heavy atom. The Labute approximate surface area is 177 Å². The second-order valence-corrected chi connectivity index (χ2v) is 8.98. The number of nitrogens with zero attached hydrogens (tertiary/aromatic N) is 1. The standard InChI is InChI=1S/C23H31N3O4/c1-15(17-14-10-12-16-11-8-9-13-18(16)17)24-19(25-20(27)29-22(2,3)4)26-21(28)30-23(5,6)7/h8-15H,1-7H3,(H2,24,25,26,27,28)/t15-/m1/s1. The molecule has 0 saturated carbocycles. The molecule has 162 valence electrons. The molecule has 0 aromatic heterocycles. The summed E-state index contributed by atoms with van der Waals surface area (Å²) >= 11 is 0. The lowest BCUT2D eigenvalue weighted by atomic mass is 10.0. The minimum atomic E-state index is -0.720. The highest BCUT2D eigenvalue weighted by atomic mass is 16.6. The number of alkyl carbamates (subject to hydrolysis) is 2. The van der Waals surface area contributed by atoms with Crippen LogP contribution >= 0.6 is 0 Å². The van der Waals surface area contributed by atoms with Gasteiger partial charge in [-0.2, -0.15) is 0 Å². The molecule has 7 heteroatoms. The van der Waals surface area contributed by atoms with Crippen molar-refractivity contribution in [1.82, 2.24) is 10.6 Å². The molecule has 7 nitrogen and oxygen atoms in total. The van der Waals surface area contributed by atoms with Crippen LogP contribution in [0.4, 0.5) is 9.59 Å². The molecule has 2 aromatic rings. The van der Waals surface area contributed by atoms with E-state index in [1.54, 1.807) is 41.5 Å². The summed E-state index contributed by atoms with van der Waals surface area (Å²) in [5, 5.41) is 7.16. The number of amides is 2. The van der Waals surface area contributed by atoms with Crippen molar-refractivity contribution in [2.24, 2.45) is 4.99 Å². The number of carbonyl (C=O) groups excluding carboxylic acids is 2. The van der Waals surface area contributed by atoms with E-state index in [1.165, 1.54) is 0 Å². The molecule has 2 amide bonds. The number of carbonyl (C=O) groups is 2. The first-order valence-electron chi connectivity index (χ1n) is 9.89. The summed E-state index contributed by atoms with van der Waals surface area (Å²) in [7, 11) is 0. The van der Waals surface area contributed by atoms with E-state index in [0.29, 0.717) is 0 Å². The molecule has 0 radical (unpaired) electrons. The van der Waals surface area contributed by atoms with Crippen LogP contribution in [0.25, 0.3) is 10.8 Å². The van der Waals surface area contributed by atoms with E-state index in [4.69, 9.17) is 9.47 Å². The second-order valence-electron chi connectivity index (χ2n) is 8.98. The van der Waals surface area contributed by atoms with Crippen LogP contribution in [0.3, 0.4) is 0 Å². The van der Waals surface area contributed by atoms with Gasteiger partial charge in [-0.1, -0.05) is 42.5 Å². The van der Waals surface area contributed by atoms with Crippen molar-refractivity contribution >= 4 is 28.9 Å². The molecule has 0 saturated heterocycles. The summed E-state index contributed by atoms with van der Waals surface area (Å²) in [6.07, 6.45) is -1.44. The quantitative estimate of drug-likeness (QED) is 0.516. The second kappa shape index (κ2) is 9.15. The molecule has 0 bridgehead atoms. The van der Waals surface area contributed by atoms with E-state index < -0.39 is 23.4 Å². The van der Waals surface area contributed by atoms with Crippen molar-refractivity contribution in [3.05, 3.63) is 48.0 Å². The Hall–Kier alpha value is -3.09. The SMILES string of the molecule is C[C@@H](N=C(NC(=O)OC(C)(C)C)NC(=O)OC(C)(C)C)c1cccc2ccccc12. The lowest BCUT2D eigenvalue weighted by molar-refractivity contribution is 0.0545. The van der Waals surface area contributed by atoms with Crippen LogP contribution in [0.5, 0.6) is 0 Å². The van der Waals surface area contributed by atoms with Gasteiger partial charge in [0.05, 0.1) is 6.04 Å². The number of ether oxygens (including phenoxy) is 2. The van der Waals surface area contributed by atoms with Crippen LogP contribution in [-0.4, -0.2) is 29.3 Å². The molecular formula is C23H31N3O4. The number of hydrogen-bond acceptors (Lipinski definition) is 5. The molecule has 0 heterocycles. The number of rotatable bonds is 2. The zero-order chi connectivity index (χ0) is 22.5. The molecule has 2 aromatic carbocycles. The minimum Gasteiger partial charge on any atom is -0.444 e. The number of hydrogen-bond donors (Lipinski definition) is 2. The normalized spacial score (nSPS) is 12.6. The zero-order valence-electron chi connectivity index (χ0n) is 18.7. The van der Waals surface area contributed by atoms with Gasteiger partial charge in [0.25, 0.3) is 0 Å². The number of aliphatic imine (C=N–C) groups is 1. The van der Waals surface area contributed by atoms with E-state index in [9.17, 15) is 9.59 Å². The van der Waals surface area contributed by atoms with Crippen LogP contribution < -0.4 is 10.6 Å². The molecule has 0 aliphatic rings. The zero-order valence-corrected chi connectivity index (χ0v) is 18.7. The Balaban J connectivity index is 2.32. The first-order chi connectivity index (χ1) is 13.8. The van der Waals surface area contributed by atoms with E-state index in [0.717, 1.165) is 16.3 Å². The lowest BCUT2D eigenvalue weighted by Gasteiger charge is -2.22. The van der Waals surface area contributed by atoms with Crippen LogP contribution in [0.1, 0.15) is 60.1 Å². The van der Waals surface area contributed by atoms with Gasteiger partial charge in [-0.3, -0.25) is 10.6 Å². The Bertz CT molecular complexity index is 902. The Morgan fingerprint density at radius 2 is 1.33 bits per heavy atom. The molecule has 30 heavy (non-hydrogen) atoms. The van der Waals surface area contributed by atoms with Crippen LogP contribution in [0.15, 0.2) is 47.5 Å². The summed E-state index contributed by atoms with van der Waals surface area (Å²) in [5.74, 6) is -0.0427. The summed E-state index contributed by atoms with van der Waals surface area (Å²) in [6, 6.07) is 13.6. The maximum absolute atomic E-state index is 12.3. The molecule has 1 atom stereocenters. The monoisotopic (exact) mass is 413 g/mol. The largest absolute Gasteiger partial charge is 0.444 e. The first-order valence-corrected chi connectivity index (χ1v) is 9.89. The van der Waals surface area contributed by atoms with Gasteiger partial charge in [0, 0.05) is 0 Å². The van der Waals surface area contributed by atoms with E-state index >= 15 is 0 Å². The highest BCUT2D eigenvalue weighted by Gasteiger charge is 2.22. The molecule has 0 spiro atoms. The number of benzene rings is 2. The number of nitrogens with one attached hydrogen (secondary N) is 2. The lowest BCUT2D eigenvalue weighted by Crippen LogP contribution is -2.47. The van der Waals surface area contributed by atoms with Gasteiger partial charge in [-0.15, -0.1) is 0 Å². The van der Waals surface area contributed by atoms with Gasteiger partial charge >= 0.3 is 12.2 Å². The smallest absolute Gasteiger partial charge is 0.414 e. The number of guanidine groups is 1. The minimum absolute atomic E-state index is 0.0427. The van der Waals surface area contributed by atoms with Gasteiger partial charge in [0.2, 0.25) is 5.96 Å². The highest BCUT2D eigenvalue weighted by molar-refractivity contribution is 6.01. The van der Waals surface area contributed by atoms with Crippen molar-refractivity contribution in [3.63, 3.8) is 0 Å². The average Bonchev–Trinajstić information content (AvgIpc) is 2.57. The molecular weight excluding hydrogens is 382 g/mol. The number of fused-ring (bicyclic) bond motifs is 1. The third-order valence-electron chi connectivity index (χ3n) is 3.83. The fraction of sp³-hybridized carbons (Fsp3) is 0.435. The fourth-order valence-corrected chi connectivity index (χ4v) is 2.77. The molecule has 0 aliphatic heterocycles. The van der Waals surface area contributed by atoms with Crippen molar-refractivity contribution < 1.29 is 19.1 Å². The van der Waals surface area contributed by atoms with Crippen LogP contribution in [0.2, 0.25) is 0 Å². The van der Waals surface area contributed by atoms with E-state index in [2.05, 4.69) is 15.6 Å². The van der Waals surface area contributed by atoms with Gasteiger partial charge in [-0.25, -0.2) is 14.6 Å². The van der Waals surface area contributed by atoms with E-state index in [-0.39, 0.29) is 12.0 Å². The summed E-state index contributed by atoms with van der Waals surface area (Å²) in [5.41, 5.74) is -0.423. The maximum atomic E-state index is 12.3. The van der Waals surface area contributed by atoms with E-state index in [1.807, 2.05) is 49.4 Å². The molecule has 0 fully saturated rings. The van der Waals surface area contributed by atoms with Crippen LogP contribution in [0, 0.1) is 0 Å². The topological polar surface area (TPSA) is 89.0 Å². The Kier molecular flexibility index (Phi) is 7.08. The molecule has 0 unspecified atom stereocenters. The highest BCUT2D eigenvalue weighted by Crippen LogP contribution is 2.26. The molecule has 2 N–H and O–H groups in total. The molecule has 2 rings (SSSR count). The van der Waals surface area contributed by atoms with Gasteiger partial charge in [0.15, 0.2) is 0 Å². The Morgan fingerprint density at radius 1 is 0.833 bits per heavy atom. The predicted octanol–water partition coefficient (Wildman–Crippen LogP) is 5.31. The van der Waals surface area contributed by atoms with Crippen molar-refractivity contribution in [2.45, 2.75) is 65.7 Å². The summed E-state index contributed by atoms with van der Waals surface area (Å²) < 4.78 is 10.6. The average molecular weight is 414 g/mol. The summed E-state index contributed by atoms with van der Waals surface area (Å²) in [4.78, 5) is 29.0. The first kappa shape index (κ1) is 23.2. The third-order valence-corrected chi connectivity index (χ3v) is 3.83.